The van der Waals surface area contributed by atoms with E-state index in [2.05, 4.69) is 5.32 Å². The number of benzene rings is 1. The molecule has 8 nitrogen and oxygen atoms in total. The minimum Gasteiger partial charge on any atom is -0.389 e. The summed E-state index contributed by atoms with van der Waals surface area (Å²) in [6.07, 6.45) is -1.74. The SMILES string of the molecule is O=C1Cc2cc([N+](=O)[O-])c(N3CC(O)C(O)C3)cc2N1. The van der Waals surface area contributed by atoms with Gasteiger partial charge in [0, 0.05) is 24.8 Å². The lowest BCUT2D eigenvalue weighted by Gasteiger charge is -2.18. The van der Waals surface area contributed by atoms with Crippen LogP contribution in [0.25, 0.3) is 0 Å². The maximum absolute atomic E-state index is 11.3. The number of nitrogens with one attached hydrogen (secondary N) is 1. The number of hydrogen-bond donors (Lipinski definition) is 3. The molecule has 8 heteroatoms. The van der Waals surface area contributed by atoms with Crippen molar-refractivity contribution >= 4 is 23.0 Å². The molecule has 3 N–H and O–H groups in total. The Kier molecular flexibility index (Phi) is 2.84. The number of carbonyl (C=O) groups is 1. The minimum absolute atomic E-state index is 0.120. The van der Waals surface area contributed by atoms with Crippen LogP contribution in [-0.4, -0.2) is 46.3 Å². The highest BCUT2D eigenvalue weighted by Crippen LogP contribution is 2.38. The van der Waals surface area contributed by atoms with Crippen molar-refractivity contribution in [3.63, 3.8) is 0 Å². The molecule has 1 aromatic carbocycles. The summed E-state index contributed by atoms with van der Waals surface area (Å²) in [7, 11) is 0. The van der Waals surface area contributed by atoms with Crippen molar-refractivity contribution in [3.05, 3.63) is 27.8 Å². The van der Waals surface area contributed by atoms with Crippen LogP contribution in [0.4, 0.5) is 17.1 Å². The van der Waals surface area contributed by atoms with Gasteiger partial charge in [0.25, 0.3) is 5.69 Å². The third-order valence-electron chi connectivity index (χ3n) is 3.62. The molecule has 0 radical (unpaired) electrons. The predicted molar refractivity (Wildman–Crippen MR) is 69.7 cm³/mol. The molecule has 0 spiro atoms. The van der Waals surface area contributed by atoms with Crippen LogP contribution >= 0.6 is 0 Å². The van der Waals surface area contributed by atoms with Crippen molar-refractivity contribution < 1.29 is 19.9 Å². The highest BCUT2D eigenvalue weighted by molar-refractivity contribution is 6.00. The number of rotatable bonds is 2. The van der Waals surface area contributed by atoms with Crippen LogP contribution in [0.1, 0.15) is 5.56 Å². The van der Waals surface area contributed by atoms with Crippen LogP contribution in [0.3, 0.4) is 0 Å². The van der Waals surface area contributed by atoms with Crippen LogP contribution in [-0.2, 0) is 11.2 Å². The first-order chi connectivity index (χ1) is 9.45. The van der Waals surface area contributed by atoms with E-state index in [0.717, 1.165) is 0 Å². The van der Waals surface area contributed by atoms with Gasteiger partial charge in [-0.1, -0.05) is 0 Å². The Balaban J connectivity index is 2.04. The first-order valence-electron chi connectivity index (χ1n) is 6.18. The molecule has 2 atom stereocenters. The molecule has 106 valence electrons. The van der Waals surface area contributed by atoms with Crippen LogP contribution < -0.4 is 10.2 Å². The monoisotopic (exact) mass is 279 g/mol. The summed E-state index contributed by atoms with van der Waals surface area (Å²) >= 11 is 0. The molecule has 2 aliphatic rings. The van der Waals surface area contributed by atoms with E-state index in [4.69, 9.17) is 0 Å². The fourth-order valence-corrected chi connectivity index (χ4v) is 2.62. The van der Waals surface area contributed by atoms with E-state index in [0.29, 0.717) is 16.9 Å². The van der Waals surface area contributed by atoms with Gasteiger partial charge in [0.05, 0.1) is 23.6 Å². The first kappa shape index (κ1) is 12.8. The van der Waals surface area contributed by atoms with Gasteiger partial charge in [-0.3, -0.25) is 14.9 Å². The Labute approximate surface area is 113 Å². The zero-order chi connectivity index (χ0) is 14.4. The number of nitro benzene ring substituents is 1. The van der Waals surface area contributed by atoms with Gasteiger partial charge in [-0.05, 0) is 11.6 Å². The van der Waals surface area contributed by atoms with Crippen molar-refractivity contribution in [3.8, 4) is 0 Å². The Hall–Kier alpha value is -2.19. The number of β-amino-alcohol motifs (C(OH)–C–C–N with tert-alkyl or cyclic N) is 2. The molecule has 1 aromatic rings. The van der Waals surface area contributed by atoms with E-state index in [1.54, 1.807) is 4.90 Å². The van der Waals surface area contributed by atoms with Crippen molar-refractivity contribution in [1.29, 1.82) is 0 Å². The molecule has 1 fully saturated rings. The number of aliphatic hydroxyl groups is 2. The standard InChI is InChI=1S/C12H13N3O5/c16-10-4-14(5-11(10)17)8-3-7-6(2-12(18)13-7)1-9(8)15(19)20/h1,3,10-11,16-17H,2,4-5H2,(H,13,18). The lowest BCUT2D eigenvalue weighted by atomic mass is 10.1. The van der Waals surface area contributed by atoms with Gasteiger partial charge in [0.2, 0.25) is 5.91 Å². The average Bonchev–Trinajstić information content (AvgIpc) is 2.89. The van der Waals surface area contributed by atoms with E-state index in [-0.39, 0.29) is 31.1 Å². The summed E-state index contributed by atoms with van der Waals surface area (Å²) in [6.45, 7) is 0.240. The largest absolute Gasteiger partial charge is 0.389 e. The summed E-state index contributed by atoms with van der Waals surface area (Å²) < 4.78 is 0. The van der Waals surface area contributed by atoms with Crippen LogP contribution in [0.2, 0.25) is 0 Å². The van der Waals surface area contributed by atoms with Gasteiger partial charge < -0.3 is 20.4 Å². The zero-order valence-electron chi connectivity index (χ0n) is 10.4. The van der Waals surface area contributed by atoms with Gasteiger partial charge in [-0.25, -0.2) is 0 Å². The summed E-state index contributed by atoms with van der Waals surface area (Å²) in [4.78, 5) is 23.6. The summed E-state index contributed by atoms with van der Waals surface area (Å²) in [6, 6.07) is 2.91. The molecule has 1 amide bonds. The Morgan fingerprint density at radius 2 is 1.95 bits per heavy atom. The molecule has 0 aliphatic carbocycles. The second kappa shape index (κ2) is 4.43. The van der Waals surface area contributed by atoms with Crippen LogP contribution in [0.15, 0.2) is 12.1 Å². The average molecular weight is 279 g/mol. The smallest absolute Gasteiger partial charge is 0.292 e. The lowest BCUT2D eigenvalue weighted by molar-refractivity contribution is -0.384. The fourth-order valence-electron chi connectivity index (χ4n) is 2.62. The number of nitrogens with zero attached hydrogens (tertiary/aromatic N) is 2. The van der Waals surface area contributed by atoms with Gasteiger partial charge in [-0.2, -0.15) is 0 Å². The maximum Gasteiger partial charge on any atom is 0.292 e. The maximum atomic E-state index is 11.3. The highest BCUT2D eigenvalue weighted by atomic mass is 16.6. The summed E-state index contributed by atoms with van der Waals surface area (Å²) in [5.74, 6) is -0.201. The third-order valence-corrected chi connectivity index (χ3v) is 3.62. The first-order valence-corrected chi connectivity index (χ1v) is 6.18. The summed E-state index contributed by atoms with van der Waals surface area (Å²) in [5, 5.41) is 32.9. The number of aliphatic hydroxyl groups excluding tert-OH is 2. The predicted octanol–water partition coefficient (Wildman–Crippen LogP) is -0.369. The minimum atomic E-state index is -0.933. The van der Waals surface area contributed by atoms with E-state index in [1.807, 2.05) is 0 Å². The number of fused-ring (bicyclic) bond motifs is 1. The van der Waals surface area contributed by atoms with Crippen molar-refractivity contribution in [2.24, 2.45) is 0 Å². The molecular formula is C12H13N3O5. The molecule has 1 saturated heterocycles. The second-order valence-electron chi connectivity index (χ2n) is 5.02. The summed E-state index contributed by atoms with van der Waals surface area (Å²) in [5.41, 5.74) is 1.31. The third kappa shape index (κ3) is 1.98. The molecule has 0 aromatic heterocycles. The molecule has 3 rings (SSSR count). The van der Waals surface area contributed by atoms with E-state index in [9.17, 15) is 25.1 Å². The Morgan fingerprint density at radius 3 is 2.55 bits per heavy atom. The van der Waals surface area contributed by atoms with Gasteiger partial charge in [-0.15, -0.1) is 0 Å². The topological polar surface area (TPSA) is 116 Å². The van der Waals surface area contributed by atoms with Crippen molar-refractivity contribution in [1.82, 2.24) is 0 Å². The van der Waals surface area contributed by atoms with E-state index < -0.39 is 17.1 Å². The number of nitro groups is 1. The molecule has 0 saturated carbocycles. The van der Waals surface area contributed by atoms with Crippen LogP contribution in [0, 0.1) is 10.1 Å². The van der Waals surface area contributed by atoms with E-state index in [1.165, 1.54) is 12.1 Å². The van der Waals surface area contributed by atoms with Crippen molar-refractivity contribution in [2.45, 2.75) is 18.6 Å². The van der Waals surface area contributed by atoms with Gasteiger partial charge in [0.15, 0.2) is 0 Å². The molecule has 2 aliphatic heterocycles. The van der Waals surface area contributed by atoms with Gasteiger partial charge >= 0.3 is 0 Å². The zero-order valence-corrected chi connectivity index (χ0v) is 10.4. The Morgan fingerprint density at radius 1 is 1.30 bits per heavy atom. The number of hydrogen-bond acceptors (Lipinski definition) is 6. The van der Waals surface area contributed by atoms with Crippen molar-refractivity contribution in [2.75, 3.05) is 23.3 Å². The molecule has 2 heterocycles. The van der Waals surface area contributed by atoms with Crippen LogP contribution in [0.5, 0.6) is 0 Å². The number of amides is 1. The fraction of sp³-hybridized carbons (Fsp3) is 0.417. The molecular weight excluding hydrogens is 266 g/mol. The quantitative estimate of drug-likeness (QED) is 0.502. The highest BCUT2D eigenvalue weighted by Gasteiger charge is 2.34. The molecule has 0 bridgehead atoms. The number of carbonyl (C=O) groups excluding carboxylic acids is 1. The van der Waals surface area contributed by atoms with E-state index >= 15 is 0 Å². The lowest BCUT2D eigenvalue weighted by Crippen LogP contribution is -2.22. The molecule has 2 unspecified atom stereocenters. The van der Waals surface area contributed by atoms with Gasteiger partial charge in [0.1, 0.15) is 5.69 Å². The molecule has 20 heavy (non-hydrogen) atoms. The second-order valence-corrected chi connectivity index (χ2v) is 5.02. The normalized spacial score (nSPS) is 24.7. The Bertz CT molecular complexity index is 593. The number of anilines is 2.